The number of piperazine rings is 1. The Balaban J connectivity index is 0.00000242. The molecule has 0 saturated carbocycles. The van der Waals surface area contributed by atoms with Gasteiger partial charge in [0.25, 0.3) is 0 Å². The Labute approximate surface area is 260 Å². The molecular weight excluding hydrogens is 571 g/mol. The second-order valence-corrected chi connectivity index (χ2v) is 10.7. The molecule has 6 nitrogen and oxygen atoms in total. The summed E-state index contributed by atoms with van der Waals surface area (Å²) in [5.74, 6) is -1.18. The fourth-order valence-electron chi connectivity index (χ4n) is 5.66. The number of carbonyl (C=O) groups is 2. The molecule has 0 aliphatic carbocycles. The van der Waals surface area contributed by atoms with Gasteiger partial charge >= 0.3 is 11.9 Å². The van der Waals surface area contributed by atoms with Gasteiger partial charge in [-0.3, -0.25) is 19.4 Å². The number of benzene rings is 4. The van der Waals surface area contributed by atoms with Crippen LogP contribution in [-0.2, 0) is 19.1 Å². The van der Waals surface area contributed by atoms with E-state index in [0.29, 0.717) is 0 Å². The molecule has 0 N–H and O–H groups in total. The minimum absolute atomic E-state index is 0. The standard InChI is InChI=1S/C34H38N2O4.2ClH/c1-23(29-17-9-13-27-11-5-7-15-31(27)29)33(37)39-25(3)35-19-21-36(22-20-35)26(4)40-34(38)24(2)30-18-10-14-28-12-6-8-16-32(28)30;;/h5-18,23-26H,19-22H2,1-4H3;2*1H. The largest absolute Gasteiger partial charge is 0.446 e. The second-order valence-electron chi connectivity index (χ2n) is 10.7. The molecule has 224 valence electrons. The molecule has 4 unspecified atom stereocenters. The van der Waals surface area contributed by atoms with Crippen LogP contribution in [0.5, 0.6) is 0 Å². The van der Waals surface area contributed by atoms with Gasteiger partial charge in [-0.1, -0.05) is 84.9 Å². The maximum Gasteiger partial charge on any atom is 0.314 e. The molecule has 0 amide bonds. The summed E-state index contributed by atoms with van der Waals surface area (Å²) in [6.45, 7) is 10.6. The highest BCUT2D eigenvalue weighted by molar-refractivity contribution is 5.92. The van der Waals surface area contributed by atoms with Crippen LogP contribution in [0.1, 0.15) is 50.7 Å². The molecule has 0 aromatic heterocycles. The van der Waals surface area contributed by atoms with E-state index < -0.39 is 0 Å². The number of rotatable bonds is 8. The molecule has 1 saturated heterocycles. The van der Waals surface area contributed by atoms with Crippen LogP contribution in [0.3, 0.4) is 0 Å². The van der Waals surface area contributed by atoms with Crippen molar-refractivity contribution >= 4 is 58.3 Å². The molecule has 0 radical (unpaired) electrons. The normalized spacial score (nSPS) is 16.9. The molecule has 4 atom stereocenters. The molecule has 1 aliphatic heterocycles. The van der Waals surface area contributed by atoms with Crippen LogP contribution in [0.15, 0.2) is 84.9 Å². The molecule has 1 heterocycles. The molecule has 42 heavy (non-hydrogen) atoms. The monoisotopic (exact) mass is 610 g/mol. The first-order chi connectivity index (χ1) is 19.3. The third kappa shape index (κ3) is 7.24. The molecule has 0 spiro atoms. The van der Waals surface area contributed by atoms with Crippen molar-refractivity contribution in [3.8, 4) is 0 Å². The lowest BCUT2D eigenvalue weighted by Gasteiger charge is -2.39. The smallest absolute Gasteiger partial charge is 0.314 e. The third-order valence-electron chi connectivity index (χ3n) is 8.24. The summed E-state index contributed by atoms with van der Waals surface area (Å²) in [4.78, 5) is 30.5. The van der Waals surface area contributed by atoms with E-state index in [1.54, 1.807) is 0 Å². The van der Waals surface area contributed by atoms with Crippen molar-refractivity contribution in [3.63, 3.8) is 0 Å². The average Bonchev–Trinajstić information content (AvgIpc) is 2.99. The Morgan fingerprint density at radius 1 is 0.548 bits per heavy atom. The van der Waals surface area contributed by atoms with Gasteiger partial charge in [0.2, 0.25) is 0 Å². The minimum atomic E-state index is -0.363. The second kappa shape index (κ2) is 14.8. The fraction of sp³-hybridized carbons (Fsp3) is 0.353. The number of hydrogen-bond acceptors (Lipinski definition) is 6. The molecule has 4 aromatic carbocycles. The molecule has 1 aliphatic rings. The summed E-state index contributed by atoms with van der Waals surface area (Å²) in [7, 11) is 0. The maximum absolute atomic E-state index is 13.1. The predicted octanol–water partition coefficient (Wildman–Crippen LogP) is 7.14. The Bertz CT molecular complexity index is 1380. The maximum atomic E-state index is 13.1. The van der Waals surface area contributed by atoms with Gasteiger partial charge in [-0.2, -0.15) is 0 Å². The van der Waals surface area contributed by atoms with E-state index >= 15 is 0 Å². The number of carbonyl (C=O) groups excluding carboxylic acids is 2. The van der Waals surface area contributed by atoms with Gasteiger partial charge in [-0.05, 0) is 60.4 Å². The van der Waals surface area contributed by atoms with Crippen molar-refractivity contribution in [1.29, 1.82) is 0 Å². The van der Waals surface area contributed by atoms with E-state index in [0.717, 1.165) is 58.9 Å². The van der Waals surface area contributed by atoms with E-state index in [-0.39, 0.29) is 61.0 Å². The minimum Gasteiger partial charge on any atom is -0.446 e. The topological polar surface area (TPSA) is 59.1 Å². The lowest BCUT2D eigenvalue weighted by atomic mass is 9.95. The SMILES string of the molecule is CC(C(=O)OC(C)N1CCN(C(C)OC(=O)C(C)c2cccc3ccccc23)CC1)c1cccc2ccccc12.Cl.Cl. The number of halogens is 2. The van der Waals surface area contributed by atoms with Crippen molar-refractivity contribution in [3.05, 3.63) is 96.1 Å². The summed E-state index contributed by atoms with van der Waals surface area (Å²) in [5.41, 5.74) is 1.96. The van der Waals surface area contributed by atoms with E-state index in [1.807, 2.05) is 88.4 Å². The number of ether oxygens (including phenoxy) is 2. The summed E-state index contributed by atoms with van der Waals surface area (Å²) in [6.07, 6.45) is -0.673. The van der Waals surface area contributed by atoms with Crippen molar-refractivity contribution in [2.45, 2.75) is 52.0 Å². The summed E-state index contributed by atoms with van der Waals surface area (Å²) < 4.78 is 11.8. The number of nitrogens with zero attached hydrogens (tertiary/aromatic N) is 2. The average molecular weight is 612 g/mol. The highest BCUT2D eigenvalue weighted by atomic mass is 35.5. The zero-order valence-corrected chi connectivity index (χ0v) is 26.2. The summed E-state index contributed by atoms with van der Waals surface area (Å²) in [5, 5.41) is 4.39. The molecule has 1 fully saturated rings. The van der Waals surface area contributed by atoms with Gasteiger partial charge in [-0.25, -0.2) is 0 Å². The van der Waals surface area contributed by atoms with Crippen LogP contribution in [0, 0.1) is 0 Å². The lowest BCUT2D eigenvalue weighted by molar-refractivity contribution is -0.168. The van der Waals surface area contributed by atoms with Crippen LogP contribution < -0.4 is 0 Å². The Morgan fingerprint density at radius 3 is 1.26 bits per heavy atom. The summed E-state index contributed by atoms with van der Waals surface area (Å²) >= 11 is 0. The Morgan fingerprint density at radius 2 is 0.881 bits per heavy atom. The number of fused-ring (bicyclic) bond motifs is 2. The van der Waals surface area contributed by atoms with E-state index in [2.05, 4.69) is 34.1 Å². The number of hydrogen-bond donors (Lipinski definition) is 0. The van der Waals surface area contributed by atoms with Crippen molar-refractivity contribution in [2.24, 2.45) is 0 Å². The van der Waals surface area contributed by atoms with Crippen LogP contribution in [-0.4, -0.2) is 60.4 Å². The van der Waals surface area contributed by atoms with Gasteiger partial charge in [0, 0.05) is 26.2 Å². The van der Waals surface area contributed by atoms with Crippen LogP contribution in [0.25, 0.3) is 21.5 Å². The van der Waals surface area contributed by atoms with Crippen LogP contribution in [0.2, 0.25) is 0 Å². The van der Waals surface area contributed by atoms with Gasteiger partial charge in [0.05, 0.1) is 11.8 Å². The molecule has 0 bridgehead atoms. The predicted molar refractivity (Wildman–Crippen MR) is 173 cm³/mol. The molecule has 8 heteroatoms. The molecule has 4 aromatic rings. The fourth-order valence-corrected chi connectivity index (χ4v) is 5.66. The third-order valence-corrected chi connectivity index (χ3v) is 8.24. The highest BCUT2D eigenvalue weighted by Gasteiger charge is 2.30. The van der Waals surface area contributed by atoms with Crippen LogP contribution in [0.4, 0.5) is 0 Å². The van der Waals surface area contributed by atoms with Crippen molar-refractivity contribution in [1.82, 2.24) is 9.80 Å². The van der Waals surface area contributed by atoms with Gasteiger partial charge in [0.1, 0.15) is 0 Å². The van der Waals surface area contributed by atoms with Crippen molar-refractivity contribution < 1.29 is 19.1 Å². The highest BCUT2D eigenvalue weighted by Crippen LogP contribution is 2.28. The van der Waals surface area contributed by atoms with E-state index in [1.165, 1.54) is 0 Å². The number of esters is 2. The molecular formula is C34H40Cl2N2O4. The van der Waals surface area contributed by atoms with Crippen molar-refractivity contribution in [2.75, 3.05) is 26.2 Å². The first-order valence-electron chi connectivity index (χ1n) is 14.2. The Kier molecular flexibility index (Phi) is 11.8. The zero-order chi connectivity index (χ0) is 28.2. The summed E-state index contributed by atoms with van der Waals surface area (Å²) in [6, 6.07) is 28.3. The van der Waals surface area contributed by atoms with Gasteiger partial charge in [-0.15, -0.1) is 24.8 Å². The van der Waals surface area contributed by atoms with E-state index in [4.69, 9.17) is 9.47 Å². The van der Waals surface area contributed by atoms with Gasteiger partial charge in [0.15, 0.2) is 12.5 Å². The molecule has 5 rings (SSSR count). The van der Waals surface area contributed by atoms with Crippen LogP contribution >= 0.6 is 24.8 Å². The first-order valence-corrected chi connectivity index (χ1v) is 14.2. The van der Waals surface area contributed by atoms with E-state index in [9.17, 15) is 9.59 Å². The Hall–Kier alpha value is -3.16. The lowest BCUT2D eigenvalue weighted by Crippen LogP contribution is -2.53. The first kappa shape index (κ1) is 33.3. The quantitative estimate of drug-likeness (QED) is 0.198. The van der Waals surface area contributed by atoms with Gasteiger partial charge < -0.3 is 9.47 Å². The zero-order valence-electron chi connectivity index (χ0n) is 24.6.